The molecule has 7 nitrogen and oxygen atoms in total. The van der Waals surface area contributed by atoms with E-state index in [0.29, 0.717) is 5.82 Å². The molecule has 0 aliphatic heterocycles. The number of nitrogen functional groups attached to an aromatic ring is 2. The molecule has 0 aliphatic carbocycles. The summed E-state index contributed by atoms with van der Waals surface area (Å²) in [5.41, 5.74) is 13.5. The first kappa shape index (κ1) is 16.9. The molecule has 0 fully saturated rings. The molecule has 0 aliphatic rings. The average molecular weight is 337 g/mol. The number of nitrogens with two attached hydrogens (primary N) is 2. The number of nitrogens with one attached hydrogen (secondary N) is 1. The molecule has 5 N–H and O–H groups in total. The van der Waals surface area contributed by atoms with Gasteiger partial charge in [0, 0.05) is 17.5 Å². The van der Waals surface area contributed by atoms with E-state index in [2.05, 4.69) is 31.8 Å². The SMILES string of the molecule is CCCCCC(c1nc(N)nc(N)n1)c1cnc(-c2ccccc2)[nH]1. The molecule has 130 valence electrons. The second kappa shape index (κ2) is 7.74. The van der Waals surface area contributed by atoms with Crippen molar-refractivity contribution in [3.05, 3.63) is 48.0 Å². The second-order valence-electron chi connectivity index (χ2n) is 6.01. The molecular weight excluding hydrogens is 314 g/mol. The molecule has 0 bridgehead atoms. The Bertz CT molecular complexity index is 793. The van der Waals surface area contributed by atoms with E-state index in [1.807, 2.05) is 36.5 Å². The van der Waals surface area contributed by atoms with Crippen molar-refractivity contribution in [1.29, 1.82) is 0 Å². The molecule has 1 atom stereocenters. The van der Waals surface area contributed by atoms with E-state index < -0.39 is 0 Å². The first-order chi connectivity index (χ1) is 12.2. The number of hydrogen-bond donors (Lipinski definition) is 3. The Kier molecular flexibility index (Phi) is 5.23. The fourth-order valence-corrected chi connectivity index (χ4v) is 2.86. The Morgan fingerprint density at radius 3 is 2.40 bits per heavy atom. The summed E-state index contributed by atoms with van der Waals surface area (Å²) >= 11 is 0. The molecule has 3 rings (SSSR count). The second-order valence-corrected chi connectivity index (χ2v) is 6.01. The van der Waals surface area contributed by atoms with Gasteiger partial charge in [-0.15, -0.1) is 0 Å². The van der Waals surface area contributed by atoms with Crippen molar-refractivity contribution >= 4 is 11.9 Å². The van der Waals surface area contributed by atoms with Gasteiger partial charge in [0.15, 0.2) is 0 Å². The van der Waals surface area contributed by atoms with Crippen LogP contribution in [0.4, 0.5) is 11.9 Å². The lowest BCUT2D eigenvalue weighted by molar-refractivity contribution is 0.589. The van der Waals surface area contributed by atoms with Crippen LogP contribution in [0.1, 0.15) is 50.0 Å². The fraction of sp³-hybridized carbons (Fsp3) is 0.333. The third-order valence-electron chi connectivity index (χ3n) is 4.11. The van der Waals surface area contributed by atoms with Crippen LogP contribution in [0.25, 0.3) is 11.4 Å². The summed E-state index contributed by atoms with van der Waals surface area (Å²) in [7, 11) is 0. The summed E-state index contributed by atoms with van der Waals surface area (Å²) in [6.07, 6.45) is 6.09. The smallest absolute Gasteiger partial charge is 0.225 e. The van der Waals surface area contributed by atoms with Crippen LogP contribution < -0.4 is 11.5 Å². The summed E-state index contributed by atoms with van der Waals surface area (Å²) in [6, 6.07) is 10.0. The summed E-state index contributed by atoms with van der Waals surface area (Å²) < 4.78 is 0. The highest BCUT2D eigenvalue weighted by atomic mass is 15.1. The minimum atomic E-state index is -0.0379. The van der Waals surface area contributed by atoms with Crippen molar-refractivity contribution in [2.45, 2.75) is 38.5 Å². The first-order valence-electron chi connectivity index (χ1n) is 8.54. The molecule has 1 aromatic carbocycles. The molecule has 2 aromatic heterocycles. The van der Waals surface area contributed by atoms with Gasteiger partial charge >= 0.3 is 0 Å². The van der Waals surface area contributed by atoms with E-state index in [0.717, 1.165) is 42.8 Å². The molecule has 0 saturated carbocycles. The third-order valence-corrected chi connectivity index (χ3v) is 4.11. The largest absolute Gasteiger partial charge is 0.368 e. The van der Waals surface area contributed by atoms with Crippen LogP contribution in [0.2, 0.25) is 0 Å². The standard InChI is InChI=1S/C18H23N7/c1-2-3-5-10-13(16-23-17(19)25-18(20)24-16)14-11-21-15(22-14)12-8-6-4-7-9-12/h4,6-9,11,13H,2-3,5,10H2,1H3,(H,21,22)(H4,19,20,23,24,25). The molecular formula is C18H23N7. The predicted molar refractivity (Wildman–Crippen MR) is 98.7 cm³/mol. The molecule has 1 unspecified atom stereocenters. The van der Waals surface area contributed by atoms with Crippen molar-refractivity contribution in [1.82, 2.24) is 24.9 Å². The van der Waals surface area contributed by atoms with E-state index in [-0.39, 0.29) is 17.8 Å². The van der Waals surface area contributed by atoms with Gasteiger partial charge in [0.1, 0.15) is 11.6 Å². The maximum Gasteiger partial charge on any atom is 0.225 e. The zero-order valence-corrected chi connectivity index (χ0v) is 14.3. The topological polar surface area (TPSA) is 119 Å². The highest BCUT2D eigenvalue weighted by Crippen LogP contribution is 2.29. The Morgan fingerprint density at radius 2 is 1.72 bits per heavy atom. The third kappa shape index (κ3) is 4.12. The van der Waals surface area contributed by atoms with Gasteiger partial charge in [-0.25, -0.2) is 4.98 Å². The number of aromatic nitrogens is 5. The first-order valence-corrected chi connectivity index (χ1v) is 8.54. The number of anilines is 2. The van der Waals surface area contributed by atoms with Crippen LogP contribution in [-0.2, 0) is 0 Å². The van der Waals surface area contributed by atoms with Crippen LogP contribution in [0, 0.1) is 0 Å². The Hall–Kier alpha value is -2.96. The molecule has 3 aromatic rings. The molecule has 7 heteroatoms. The number of benzene rings is 1. The van der Waals surface area contributed by atoms with Gasteiger partial charge in [-0.3, -0.25) is 0 Å². The van der Waals surface area contributed by atoms with E-state index in [9.17, 15) is 0 Å². The fourth-order valence-electron chi connectivity index (χ4n) is 2.86. The number of rotatable bonds is 7. The summed E-state index contributed by atoms with van der Waals surface area (Å²) in [5, 5.41) is 0. The molecule has 0 saturated heterocycles. The zero-order chi connectivity index (χ0) is 17.6. The highest BCUT2D eigenvalue weighted by molar-refractivity contribution is 5.55. The van der Waals surface area contributed by atoms with Crippen molar-refractivity contribution in [3.63, 3.8) is 0 Å². The van der Waals surface area contributed by atoms with Crippen LogP contribution in [0.15, 0.2) is 36.5 Å². The highest BCUT2D eigenvalue weighted by Gasteiger charge is 2.21. The van der Waals surface area contributed by atoms with Gasteiger partial charge in [0.05, 0.1) is 5.92 Å². The van der Waals surface area contributed by atoms with Gasteiger partial charge in [-0.2, -0.15) is 15.0 Å². The van der Waals surface area contributed by atoms with E-state index in [1.54, 1.807) is 0 Å². The average Bonchev–Trinajstić information content (AvgIpc) is 3.08. The number of nitrogens with zero attached hydrogens (tertiary/aromatic N) is 4. The van der Waals surface area contributed by atoms with Crippen LogP contribution in [-0.4, -0.2) is 24.9 Å². The molecule has 0 spiro atoms. The minimum Gasteiger partial charge on any atom is -0.368 e. The number of aromatic amines is 1. The number of unbranched alkanes of at least 4 members (excludes halogenated alkanes) is 2. The number of H-pyrrole nitrogens is 1. The van der Waals surface area contributed by atoms with Crippen molar-refractivity contribution in [2.24, 2.45) is 0 Å². The van der Waals surface area contributed by atoms with Gasteiger partial charge in [0.25, 0.3) is 0 Å². The van der Waals surface area contributed by atoms with Crippen molar-refractivity contribution < 1.29 is 0 Å². The zero-order valence-electron chi connectivity index (χ0n) is 14.3. The monoisotopic (exact) mass is 337 g/mol. The molecule has 25 heavy (non-hydrogen) atoms. The molecule has 2 heterocycles. The lowest BCUT2D eigenvalue weighted by atomic mass is 9.97. The van der Waals surface area contributed by atoms with Gasteiger partial charge < -0.3 is 16.5 Å². The molecule has 0 amide bonds. The van der Waals surface area contributed by atoms with Crippen molar-refractivity contribution in [3.8, 4) is 11.4 Å². The van der Waals surface area contributed by atoms with Crippen LogP contribution in [0.5, 0.6) is 0 Å². The minimum absolute atomic E-state index is 0.0379. The van der Waals surface area contributed by atoms with Gasteiger partial charge in [-0.1, -0.05) is 56.5 Å². The summed E-state index contributed by atoms with van der Waals surface area (Å²) in [5.74, 6) is 1.66. The quantitative estimate of drug-likeness (QED) is 0.570. The summed E-state index contributed by atoms with van der Waals surface area (Å²) in [4.78, 5) is 20.4. The normalized spacial score (nSPS) is 12.2. The van der Waals surface area contributed by atoms with Crippen LogP contribution >= 0.6 is 0 Å². The lowest BCUT2D eigenvalue weighted by Gasteiger charge is -2.14. The number of hydrogen-bond acceptors (Lipinski definition) is 6. The lowest BCUT2D eigenvalue weighted by Crippen LogP contribution is -2.12. The Morgan fingerprint density at radius 1 is 1.00 bits per heavy atom. The van der Waals surface area contributed by atoms with E-state index in [1.165, 1.54) is 0 Å². The van der Waals surface area contributed by atoms with Crippen molar-refractivity contribution in [2.75, 3.05) is 11.5 Å². The van der Waals surface area contributed by atoms with E-state index in [4.69, 9.17) is 11.5 Å². The maximum atomic E-state index is 5.76. The predicted octanol–water partition coefficient (Wildman–Crippen LogP) is 3.14. The number of imidazole rings is 1. The Balaban J connectivity index is 1.93. The summed E-state index contributed by atoms with van der Waals surface area (Å²) in [6.45, 7) is 2.18. The van der Waals surface area contributed by atoms with Crippen LogP contribution in [0.3, 0.4) is 0 Å². The molecule has 0 radical (unpaired) electrons. The Labute approximate surface area is 147 Å². The van der Waals surface area contributed by atoms with Gasteiger partial charge in [0.2, 0.25) is 11.9 Å². The van der Waals surface area contributed by atoms with Gasteiger partial charge in [-0.05, 0) is 6.42 Å². The maximum absolute atomic E-state index is 5.76. The van der Waals surface area contributed by atoms with E-state index >= 15 is 0 Å².